The van der Waals surface area contributed by atoms with Crippen LogP contribution in [0.5, 0.6) is 0 Å². The second-order valence-electron chi connectivity index (χ2n) is 4.57. The summed E-state index contributed by atoms with van der Waals surface area (Å²) < 4.78 is 2.04. The molecule has 2 aromatic rings. The molecule has 1 aromatic carbocycles. The van der Waals surface area contributed by atoms with E-state index in [-0.39, 0.29) is 11.7 Å². The Balaban J connectivity index is 2.03. The molecule has 2 heterocycles. The number of carbonyl (C=O) groups excluding carboxylic acids is 1. The first-order valence-corrected chi connectivity index (χ1v) is 6.90. The number of nitrogens with zero attached hydrogens (tertiary/aromatic N) is 3. The Morgan fingerprint density at radius 2 is 2.26 bits per heavy atom. The van der Waals surface area contributed by atoms with Crippen molar-refractivity contribution in [1.82, 2.24) is 15.0 Å². The summed E-state index contributed by atoms with van der Waals surface area (Å²) in [6.07, 6.45) is 0.785. The van der Waals surface area contributed by atoms with E-state index in [4.69, 9.17) is 0 Å². The minimum Gasteiger partial charge on any atom is -0.385 e. The van der Waals surface area contributed by atoms with Crippen LogP contribution in [0, 0.1) is 0 Å². The van der Waals surface area contributed by atoms with Gasteiger partial charge in [-0.1, -0.05) is 23.4 Å². The maximum atomic E-state index is 12.7. The molecule has 5 nitrogen and oxygen atoms in total. The standard InChI is InChI=1S/C13H13BrN4O/c1-18-11(13(14)16-17-18)12(19)9-6-7-15-10-5-3-2-4-8(9)10/h2-5,9,15H,6-7H2,1H3. The van der Waals surface area contributed by atoms with Crippen molar-refractivity contribution < 1.29 is 4.79 Å². The van der Waals surface area contributed by atoms with Crippen molar-refractivity contribution in [2.24, 2.45) is 7.05 Å². The minimum atomic E-state index is -0.133. The average Bonchev–Trinajstić information content (AvgIpc) is 2.77. The first kappa shape index (κ1) is 12.3. The molecule has 0 spiro atoms. The fraction of sp³-hybridized carbons (Fsp3) is 0.308. The normalized spacial score (nSPS) is 17.7. The molecule has 0 bridgehead atoms. The number of aryl methyl sites for hydroxylation is 1. The van der Waals surface area contributed by atoms with Crippen LogP contribution in [-0.4, -0.2) is 27.3 Å². The number of nitrogens with one attached hydrogen (secondary N) is 1. The predicted octanol–water partition coefficient (Wildman–Crippen LogP) is 2.36. The molecule has 0 aliphatic carbocycles. The van der Waals surface area contributed by atoms with Crippen molar-refractivity contribution >= 4 is 27.4 Å². The molecule has 3 rings (SSSR count). The number of carbonyl (C=O) groups is 1. The van der Waals surface area contributed by atoms with E-state index in [0.29, 0.717) is 10.3 Å². The van der Waals surface area contributed by atoms with Gasteiger partial charge < -0.3 is 5.32 Å². The van der Waals surface area contributed by atoms with Crippen LogP contribution in [0.3, 0.4) is 0 Å². The second kappa shape index (κ2) is 4.77. The highest BCUT2D eigenvalue weighted by atomic mass is 79.9. The van der Waals surface area contributed by atoms with E-state index in [9.17, 15) is 4.79 Å². The minimum absolute atomic E-state index is 0.0633. The summed E-state index contributed by atoms with van der Waals surface area (Å²) in [5.74, 6) is -0.0701. The zero-order valence-corrected chi connectivity index (χ0v) is 12.0. The van der Waals surface area contributed by atoms with E-state index in [2.05, 4.69) is 31.6 Å². The predicted molar refractivity (Wildman–Crippen MR) is 75.3 cm³/mol. The third kappa shape index (κ3) is 2.06. The Morgan fingerprint density at radius 1 is 1.47 bits per heavy atom. The number of anilines is 1. The van der Waals surface area contributed by atoms with Crippen LogP contribution in [0.2, 0.25) is 0 Å². The molecule has 98 valence electrons. The summed E-state index contributed by atoms with van der Waals surface area (Å²) in [5, 5.41) is 11.1. The number of ketones is 1. The zero-order chi connectivity index (χ0) is 13.4. The van der Waals surface area contributed by atoms with Gasteiger partial charge >= 0.3 is 0 Å². The number of aromatic nitrogens is 3. The zero-order valence-electron chi connectivity index (χ0n) is 10.4. The van der Waals surface area contributed by atoms with E-state index in [1.807, 2.05) is 24.3 Å². The van der Waals surface area contributed by atoms with Crippen molar-refractivity contribution in [1.29, 1.82) is 0 Å². The molecule has 1 aliphatic rings. The maximum absolute atomic E-state index is 12.7. The van der Waals surface area contributed by atoms with Crippen LogP contribution < -0.4 is 5.32 Å². The molecule has 19 heavy (non-hydrogen) atoms. The van der Waals surface area contributed by atoms with Gasteiger partial charge in [-0.05, 0) is 34.0 Å². The number of Topliss-reactive ketones (excluding diaryl/α,β-unsaturated/α-hetero) is 1. The number of rotatable bonds is 2. The monoisotopic (exact) mass is 320 g/mol. The van der Waals surface area contributed by atoms with Crippen LogP contribution in [0.15, 0.2) is 28.9 Å². The molecule has 1 unspecified atom stereocenters. The Morgan fingerprint density at radius 3 is 3.00 bits per heavy atom. The summed E-state index contributed by atoms with van der Waals surface area (Å²) in [5.41, 5.74) is 2.62. The fourth-order valence-corrected chi connectivity index (χ4v) is 3.02. The van der Waals surface area contributed by atoms with E-state index in [1.165, 1.54) is 4.68 Å². The molecule has 0 amide bonds. The molecule has 1 atom stereocenters. The summed E-state index contributed by atoms with van der Waals surface area (Å²) >= 11 is 3.29. The number of fused-ring (bicyclic) bond motifs is 1. The van der Waals surface area contributed by atoms with Crippen molar-refractivity contribution in [2.75, 3.05) is 11.9 Å². The van der Waals surface area contributed by atoms with E-state index in [1.54, 1.807) is 7.05 Å². The Bertz CT molecular complexity index is 618. The molecule has 0 saturated carbocycles. The van der Waals surface area contributed by atoms with Gasteiger partial charge in [-0.2, -0.15) is 0 Å². The third-order valence-corrected chi connectivity index (χ3v) is 3.95. The molecule has 0 saturated heterocycles. The number of hydrogen-bond acceptors (Lipinski definition) is 4. The third-order valence-electron chi connectivity index (χ3n) is 3.42. The lowest BCUT2D eigenvalue weighted by atomic mass is 9.86. The van der Waals surface area contributed by atoms with Gasteiger partial charge in [0.2, 0.25) is 0 Å². The summed E-state index contributed by atoms with van der Waals surface area (Å²) in [7, 11) is 1.73. The van der Waals surface area contributed by atoms with Crippen LogP contribution >= 0.6 is 15.9 Å². The number of halogens is 1. The summed E-state index contributed by atoms with van der Waals surface area (Å²) in [6.45, 7) is 0.802. The number of hydrogen-bond donors (Lipinski definition) is 1. The second-order valence-corrected chi connectivity index (χ2v) is 5.32. The van der Waals surface area contributed by atoms with E-state index < -0.39 is 0 Å². The van der Waals surface area contributed by atoms with Crippen LogP contribution in [0.1, 0.15) is 28.4 Å². The lowest BCUT2D eigenvalue weighted by Crippen LogP contribution is -2.24. The molecule has 0 fully saturated rings. The van der Waals surface area contributed by atoms with Crippen molar-refractivity contribution in [2.45, 2.75) is 12.3 Å². The van der Waals surface area contributed by atoms with Gasteiger partial charge in [-0.25, -0.2) is 4.68 Å². The molecule has 1 N–H and O–H groups in total. The van der Waals surface area contributed by atoms with E-state index >= 15 is 0 Å². The van der Waals surface area contributed by atoms with Crippen LogP contribution in [0.25, 0.3) is 0 Å². The molecule has 0 radical (unpaired) electrons. The topological polar surface area (TPSA) is 59.8 Å². The van der Waals surface area contributed by atoms with Crippen LogP contribution in [0.4, 0.5) is 5.69 Å². The van der Waals surface area contributed by atoms with Gasteiger partial charge in [0.15, 0.2) is 10.4 Å². The van der Waals surface area contributed by atoms with Gasteiger partial charge in [0.05, 0.1) is 5.92 Å². The highest BCUT2D eigenvalue weighted by molar-refractivity contribution is 9.10. The largest absolute Gasteiger partial charge is 0.385 e. The molecular formula is C13H13BrN4O. The summed E-state index contributed by atoms with van der Waals surface area (Å²) in [4.78, 5) is 12.7. The molecule has 6 heteroatoms. The Hall–Kier alpha value is -1.69. The average molecular weight is 321 g/mol. The van der Waals surface area contributed by atoms with Crippen LogP contribution in [-0.2, 0) is 7.05 Å². The van der Waals surface area contributed by atoms with Crippen molar-refractivity contribution in [3.63, 3.8) is 0 Å². The SMILES string of the molecule is Cn1nnc(Br)c1C(=O)C1CCNc2ccccc21. The maximum Gasteiger partial charge on any atom is 0.191 e. The van der Waals surface area contributed by atoms with Crippen molar-refractivity contribution in [3.05, 3.63) is 40.1 Å². The van der Waals surface area contributed by atoms with Gasteiger partial charge in [0, 0.05) is 19.3 Å². The van der Waals surface area contributed by atoms with Crippen molar-refractivity contribution in [3.8, 4) is 0 Å². The Kier molecular flexibility index (Phi) is 3.10. The summed E-state index contributed by atoms with van der Waals surface area (Å²) in [6, 6.07) is 7.94. The van der Waals surface area contributed by atoms with Gasteiger partial charge in [-0.15, -0.1) is 5.10 Å². The van der Waals surface area contributed by atoms with Gasteiger partial charge in [-0.3, -0.25) is 4.79 Å². The lowest BCUT2D eigenvalue weighted by molar-refractivity contribution is 0.0945. The Labute approximate surface area is 119 Å². The smallest absolute Gasteiger partial charge is 0.191 e. The fourth-order valence-electron chi connectivity index (χ4n) is 2.50. The quantitative estimate of drug-likeness (QED) is 0.863. The number of benzene rings is 1. The molecular weight excluding hydrogens is 308 g/mol. The lowest BCUT2D eigenvalue weighted by Gasteiger charge is -2.25. The molecule has 1 aromatic heterocycles. The van der Waals surface area contributed by atoms with E-state index in [0.717, 1.165) is 24.2 Å². The van der Waals surface area contributed by atoms with Gasteiger partial charge in [0.25, 0.3) is 0 Å². The number of para-hydroxylation sites is 1. The highest BCUT2D eigenvalue weighted by Gasteiger charge is 2.30. The first-order valence-electron chi connectivity index (χ1n) is 6.10. The molecule has 1 aliphatic heterocycles. The highest BCUT2D eigenvalue weighted by Crippen LogP contribution is 2.34. The first-order chi connectivity index (χ1) is 9.18. The van der Waals surface area contributed by atoms with Gasteiger partial charge in [0.1, 0.15) is 5.69 Å².